The topological polar surface area (TPSA) is 61.2 Å². The molecule has 0 saturated carbocycles. The summed E-state index contributed by atoms with van der Waals surface area (Å²) < 4.78 is 0. The molecule has 0 fully saturated rings. The molecule has 0 radical (unpaired) electrons. The van der Waals surface area contributed by atoms with Crippen molar-refractivity contribution in [3.63, 3.8) is 0 Å². The van der Waals surface area contributed by atoms with Gasteiger partial charge >= 0.3 is 0 Å². The minimum Gasteiger partial charge on any atom is -0.308 e. The normalized spacial score (nSPS) is 16.5. The van der Waals surface area contributed by atoms with E-state index in [0.717, 1.165) is 5.69 Å². The lowest BCUT2D eigenvalue weighted by Crippen LogP contribution is -2.28. The van der Waals surface area contributed by atoms with E-state index in [2.05, 4.69) is 0 Å². The zero-order valence-corrected chi connectivity index (χ0v) is 12.7. The van der Waals surface area contributed by atoms with Gasteiger partial charge in [-0.3, -0.25) is 9.59 Å². The van der Waals surface area contributed by atoms with Gasteiger partial charge in [-0.15, -0.1) is 0 Å². The number of Topliss-reactive ketones (excluding diaryl/α,β-unsaturated/α-hetero) is 1. The van der Waals surface area contributed by atoms with E-state index in [9.17, 15) is 14.9 Å². The first kappa shape index (κ1) is 15.0. The maximum Gasteiger partial charge on any atom is 0.260 e. The Labute approximate surface area is 124 Å². The van der Waals surface area contributed by atoms with Crippen molar-refractivity contribution in [3.8, 4) is 6.07 Å². The third-order valence-corrected chi connectivity index (χ3v) is 3.51. The van der Waals surface area contributed by atoms with Crippen LogP contribution in [0.2, 0.25) is 0 Å². The van der Waals surface area contributed by atoms with Gasteiger partial charge in [0.25, 0.3) is 5.91 Å². The number of likely N-dealkylation sites (N-methyl/N-ethyl adjacent to an activating group) is 1. The smallest absolute Gasteiger partial charge is 0.260 e. The van der Waals surface area contributed by atoms with Gasteiger partial charge in [-0.1, -0.05) is 39.0 Å². The van der Waals surface area contributed by atoms with Crippen molar-refractivity contribution >= 4 is 23.0 Å². The Bertz CT molecular complexity index is 687. The van der Waals surface area contributed by atoms with Crippen LogP contribution in [0, 0.1) is 16.7 Å². The van der Waals surface area contributed by atoms with Crippen LogP contribution in [0.3, 0.4) is 0 Å². The Balaban J connectivity index is 2.73. The maximum absolute atomic E-state index is 12.6. The monoisotopic (exact) mass is 282 g/mol. The molecular weight excluding hydrogens is 264 g/mol. The van der Waals surface area contributed by atoms with Crippen LogP contribution in [0.1, 0.15) is 33.3 Å². The molecule has 1 aliphatic heterocycles. The van der Waals surface area contributed by atoms with Crippen LogP contribution in [0.15, 0.2) is 29.8 Å². The van der Waals surface area contributed by atoms with E-state index in [1.807, 2.05) is 31.2 Å². The quantitative estimate of drug-likeness (QED) is 0.619. The van der Waals surface area contributed by atoms with Crippen LogP contribution >= 0.6 is 0 Å². The van der Waals surface area contributed by atoms with Crippen molar-refractivity contribution in [2.24, 2.45) is 5.41 Å². The number of nitrogens with zero attached hydrogens (tertiary/aromatic N) is 2. The maximum atomic E-state index is 12.6. The van der Waals surface area contributed by atoms with Gasteiger partial charge in [-0.2, -0.15) is 5.26 Å². The summed E-state index contributed by atoms with van der Waals surface area (Å²) in [6, 6.07) is 9.22. The van der Waals surface area contributed by atoms with Crippen LogP contribution in [0.4, 0.5) is 5.69 Å². The highest BCUT2D eigenvalue weighted by atomic mass is 16.2. The number of amides is 1. The van der Waals surface area contributed by atoms with E-state index in [1.54, 1.807) is 31.7 Å². The van der Waals surface area contributed by atoms with Crippen LogP contribution in [0.25, 0.3) is 5.57 Å². The number of hydrogen-bond donors (Lipinski definition) is 0. The molecule has 0 unspecified atom stereocenters. The molecule has 1 aromatic carbocycles. The van der Waals surface area contributed by atoms with Crippen molar-refractivity contribution in [2.75, 3.05) is 11.4 Å². The molecule has 4 nitrogen and oxygen atoms in total. The molecule has 0 aliphatic carbocycles. The lowest BCUT2D eigenvalue weighted by molar-refractivity contribution is -0.122. The van der Waals surface area contributed by atoms with Gasteiger partial charge in [0.2, 0.25) is 0 Å². The van der Waals surface area contributed by atoms with Crippen molar-refractivity contribution in [3.05, 3.63) is 35.4 Å². The van der Waals surface area contributed by atoms with Gasteiger partial charge in [-0.05, 0) is 13.0 Å². The number of fused-ring (bicyclic) bond motifs is 1. The van der Waals surface area contributed by atoms with Gasteiger partial charge in [-0.25, -0.2) is 0 Å². The molecular formula is C17H18N2O2. The first-order valence-electron chi connectivity index (χ1n) is 6.93. The summed E-state index contributed by atoms with van der Waals surface area (Å²) in [6.45, 7) is 7.61. The second-order valence-corrected chi connectivity index (χ2v) is 6.01. The van der Waals surface area contributed by atoms with Crippen molar-refractivity contribution in [1.29, 1.82) is 5.26 Å². The van der Waals surface area contributed by atoms with Crippen molar-refractivity contribution in [1.82, 2.24) is 0 Å². The lowest BCUT2D eigenvalue weighted by Gasteiger charge is -2.17. The SMILES string of the molecule is CCN1C(=O)C(=C(C#N)C(=O)C(C)(C)C)c2ccccc21. The van der Waals surface area contributed by atoms with Crippen molar-refractivity contribution in [2.45, 2.75) is 27.7 Å². The highest BCUT2D eigenvalue weighted by Crippen LogP contribution is 2.39. The largest absolute Gasteiger partial charge is 0.308 e. The zero-order valence-electron chi connectivity index (χ0n) is 12.7. The predicted molar refractivity (Wildman–Crippen MR) is 81.5 cm³/mol. The van der Waals surface area contributed by atoms with Gasteiger partial charge in [0, 0.05) is 17.5 Å². The molecule has 21 heavy (non-hydrogen) atoms. The number of anilines is 1. The number of hydrogen-bond acceptors (Lipinski definition) is 3. The highest BCUT2D eigenvalue weighted by Gasteiger charge is 2.37. The number of carbonyl (C=O) groups excluding carboxylic acids is 2. The van der Waals surface area contributed by atoms with Crippen LogP contribution < -0.4 is 4.90 Å². The summed E-state index contributed by atoms with van der Waals surface area (Å²) in [5.74, 6) is -0.575. The molecule has 4 heteroatoms. The molecule has 0 bridgehead atoms. The first-order chi connectivity index (χ1) is 9.82. The van der Waals surface area contributed by atoms with E-state index >= 15 is 0 Å². The van der Waals surface area contributed by atoms with E-state index in [0.29, 0.717) is 12.1 Å². The van der Waals surface area contributed by atoms with Gasteiger partial charge < -0.3 is 4.90 Å². The van der Waals surface area contributed by atoms with Crippen LogP contribution in [0.5, 0.6) is 0 Å². The molecule has 0 saturated heterocycles. The number of rotatable bonds is 2. The molecule has 108 valence electrons. The summed E-state index contributed by atoms with van der Waals surface area (Å²) in [4.78, 5) is 26.7. The summed E-state index contributed by atoms with van der Waals surface area (Å²) in [5.41, 5.74) is 0.908. The molecule has 0 N–H and O–H groups in total. The number of nitriles is 1. The number of allylic oxidation sites excluding steroid dienone is 1. The third kappa shape index (κ3) is 2.36. The molecule has 2 rings (SSSR count). The van der Waals surface area contributed by atoms with E-state index in [4.69, 9.17) is 0 Å². The summed E-state index contributed by atoms with van der Waals surface area (Å²) in [5, 5.41) is 9.42. The van der Waals surface area contributed by atoms with E-state index in [-0.39, 0.29) is 22.8 Å². The zero-order chi connectivity index (χ0) is 15.8. The van der Waals surface area contributed by atoms with E-state index < -0.39 is 5.41 Å². The second-order valence-electron chi connectivity index (χ2n) is 6.01. The van der Waals surface area contributed by atoms with Gasteiger partial charge in [0.15, 0.2) is 5.78 Å². The highest BCUT2D eigenvalue weighted by molar-refractivity contribution is 6.37. The standard InChI is InChI=1S/C17H18N2O2/c1-5-19-13-9-7-6-8-11(13)14(16(19)21)12(10-18)15(20)17(2,3)4/h6-9H,5H2,1-4H3. The van der Waals surface area contributed by atoms with Gasteiger partial charge in [0.1, 0.15) is 11.6 Å². The molecule has 1 aliphatic rings. The van der Waals surface area contributed by atoms with Crippen LogP contribution in [-0.2, 0) is 9.59 Å². The Morgan fingerprint density at radius 1 is 1.29 bits per heavy atom. The fraction of sp³-hybridized carbons (Fsp3) is 0.353. The summed E-state index contributed by atoms with van der Waals surface area (Å²) >= 11 is 0. The number of benzene rings is 1. The Morgan fingerprint density at radius 2 is 1.90 bits per heavy atom. The second kappa shape index (κ2) is 5.17. The fourth-order valence-corrected chi connectivity index (χ4v) is 2.43. The number of ketones is 1. The van der Waals surface area contributed by atoms with Crippen LogP contribution in [-0.4, -0.2) is 18.2 Å². The molecule has 1 heterocycles. The third-order valence-electron chi connectivity index (χ3n) is 3.51. The first-order valence-corrected chi connectivity index (χ1v) is 6.93. The van der Waals surface area contributed by atoms with E-state index in [1.165, 1.54) is 0 Å². The van der Waals surface area contributed by atoms with Gasteiger partial charge in [0.05, 0.1) is 11.3 Å². The molecule has 0 aromatic heterocycles. The molecule has 0 spiro atoms. The predicted octanol–water partition coefficient (Wildman–Crippen LogP) is 2.95. The summed E-state index contributed by atoms with van der Waals surface area (Å²) in [6.07, 6.45) is 0. The minimum absolute atomic E-state index is 0.0455. The average Bonchev–Trinajstić information content (AvgIpc) is 2.71. The molecule has 1 amide bonds. The molecule has 1 aromatic rings. The molecule has 0 atom stereocenters. The summed E-state index contributed by atoms with van der Waals surface area (Å²) in [7, 11) is 0. The Morgan fingerprint density at radius 3 is 2.43 bits per heavy atom. The minimum atomic E-state index is -0.701. The average molecular weight is 282 g/mol. The Kier molecular flexibility index (Phi) is 3.69. The Hall–Kier alpha value is -2.41. The lowest BCUT2D eigenvalue weighted by atomic mass is 9.84. The van der Waals surface area contributed by atoms with Crippen molar-refractivity contribution < 1.29 is 9.59 Å². The number of carbonyl (C=O) groups is 2. The number of para-hydroxylation sites is 1. The fourth-order valence-electron chi connectivity index (χ4n) is 2.43.